The van der Waals surface area contributed by atoms with Gasteiger partial charge in [-0.25, -0.2) is 4.98 Å². The molecule has 366 valence electrons. The first-order valence-electron chi connectivity index (χ1n) is 29.7. The smallest absolute Gasteiger partial charge is 0.268 e. The summed E-state index contributed by atoms with van der Waals surface area (Å²) in [6.45, 7) is 6.53. The Hall–Kier alpha value is -8.89. The van der Waals surface area contributed by atoms with E-state index in [4.69, 9.17) is 17.9 Å². The van der Waals surface area contributed by atoms with E-state index in [0.717, 1.165) is 77.7 Å². The van der Waals surface area contributed by atoms with Crippen molar-refractivity contribution < 1.29 is 44.1 Å². The van der Waals surface area contributed by atoms with Crippen molar-refractivity contribution in [2.45, 2.75) is 26.2 Å². The van der Waals surface area contributed by atoms with Crippen LogP contribution in [0, 0.1) is 18.5 Å². The topological polar surface area (TPSA) is 35.9 Å². The first-order valence-corrected chi connectivity index (χ1v) is 24.7. The van der Waals surface area contributed by atoms with Gasteiger partial charge < -0.3 is 13.9 Å². The number of hydrogen-bond acceptors (Lipinski definition) is 2. The molecule has 6 heteroatoms. The van der Waals surface area contributed by atoms with Crippen LogP contribution in [-0.4, -0.2) is 14.1 Å². The van der Waals surface area contributed by atoms with Crippen LogP contribution < -0.4 is 9.30 Å². The number of fused-ring (bicyclic) bond motifs is 13. The predicted molar refractivity (Wildman–Crippen MR) is 305 cm³/mol. The molecule has 0 atom stereocenters. The zero-order valence-corrected chi connectivity index (χ0v) is 43.5. The Morgan fingerprint density at radius 3 is 1.75 bits per heavy atom. The first-order chi connectivity index (χ1) is 41.0. The molecule has 1 aliphatic rings. The third kappa shape index (κ3) is 7.81. The average Bonchev–Trinajstić information content (AvgIpc) is 1.56. The van der Waals surface area contributed by atoms with Crippen LogP contribution in [0.2, 0.25) is 0 Å². The van der Waals surface area contributed by atoms with Gasteiger partial charge in [0.1, 0.15) is 5.82 Å². The van der Waals surface area contributed by atoms with Gasteiger partial charge in [-0.15, -0.1) is 29.7 Å². The van der Waals surface area contributed by atoms with E-state index in [1.807, 2.05) is 108 Å². The van der Waals surface area contributed by atoms with Crippen LogP contribution in [0.3, 0.4) is 0 Å². The molecular formula is C70H48N4OPt-2. The Bertz CT molecular complexity index is 4860. The molecule has 3 heterocycles. The molecule has 0 unspecified atom stereocenters. The molecule has 0 spiro atoms. The number of ether oxygens (including phenoxy) is 1. The van der Waals surface area contributed by atoms with Gasteiger partial charge in [0.25, 0.3) is 6.33 Å². The van der Waals surface area contributed by atoms with Crippen LogP contribution in [-0.2, 0) is 26.5 Å². The van der Waals surface area contributed by atoms with Gasteiger partial charge in [-0.2, -0.15) is 18.2 Å². The number of imidazole rings is 1. The molecule has 14 rings (SSSR count). The van der Waals surface area contributed by atoms with Crippen molar-refractivity contribution in [1.29, 1.82) is 0 Å². The Labute approximate surface area is 470 Å². The third-order valence-electron chi connectivity index (χ3n) is 14.2. The summed E-state index contributed by atoms with van der Waals surface area (Å²) in [6.07, 6.45) is 5.49. The standard InChI is InChI=1S/C70H48N4O.Pt/c1-70(2,3)48-40-41-71-66(42-48)74-63-35-17-16-31-59(63)60-37-36-51(44-65(60)74)75-50-25-18-24-49(43-50)72-45-73(68-52(46-20-6-4-7-21-46)33-19-34-53(68)47-22-8-5-9-23-47)64-39-38-62-58-30-13-12-28-56(58)54-26-10-11-27-55(54)57-29-14-15-32-61(57)67(62)69(64)72;/h4-42H,1-3H3;/q-2;/i4D,5D,6D,7D,8D,9D,20D,21D,22D,23D;. The summed E-state index contributed by atoms with van der Waals surface area (Å²) >= 11 is 0. The number of benzene rings is 10. The summed E-state index contributed by atoms with van der Waals surface area (Å²) < 4.78 is 103. The molecule has 5 nitrogen and oxygen atoms in total. The number of nitrogens with zero attached hydrogens (tertiary/aromatic N) is 4. The van der Waals surface area contributed by atoms with E-state index in [0.29, 0.717) is 28.2 Å². The fourth-order valence-electron chi connectivity index (χ4n) is 10.8. The van der Waals surface area contributed by atoms with E-state index in [-0.39, 0.29) is 54.4 Å². The molecule has 0 saturated carbocycles. The molecule has 0 bridgehead atoms. The summed E-state index contributed by atoms with van der Waals surface area (Å²) in [5.74, 6) is 1.50. The van der Waals surface area contributed by atoms with Gasteiger partial charge in [-0.1, -0.05) is 208 Å². The molecule has 0 radical (unpaired) electrons. The van der Waals surface area contributed by atoms with Crippen LogP contribution in [0.5, 0.6) is 11.5 Å². The van der Waals surface area contributed by atoms with Crippen LogP contribution in [0.15, 0.2) is 236 Å². The Morgan fingerprint density at radius 2 is 1.09 bits per heavy atom. The monoisotopic (exact) mass is 1170 g/mol. The van der Waals surface area contributed by atoms with Crippen molar-refractivity contribution in [3.05, 3.63) is 261 Å². The molecule has 3 aromatic heterocycles. The first kappa shape index (κ1) is 36.9. The molecule has 0 fully saturated rings. The Balaban J connectivity index is 0.00000686. The fraction of sp³-hybridized carbons (Fsp3) is 0.0571. The maximum Gasteiger partial charge on any atom is 0.268 e. The Morgan fingerprint density at radius 1 is 0.526 bits per heavy atom. The van der Waals surface area contributed by atoms with E-state index in [9.17, 15) is 5.48 Å². The maximum atomic E-state index is 9.36. The number of aromatic nitrogens is 4. The van der Waals surface area contributed by atoms with Gasteiger partial charge in [-0.05, 0) is 107 Å². The fourth-order valence-corrected chi connectivity index (χ4v) is 10.8. The van der Waals surface area contributed by atoms with Crippen molar-refractivity contribution in [2.75, 3.05) is 0 Å². The largest absolute Gasteiger partial charge is 0.510 e. The summed E-state index contributed by atoms with van der Waals surface area (Å²) in [5, 5.41) is 2.00. The number of hydrogen-bond donors (Lipinski definition) is 0. The molecule has 13 aromatic rings. The minimum atomic E-state index is -0.586. The predicted octanol–water partition coefficient (Wildman–Crippen LogP) is 17.2. The second-order valence-electron chi connectivity index (χ2n) is 19.6. The van der Waals surface area contributed by atoms with Gasteiger partial charge in [0.2, 0.25) is 0 Å². The van der Waals surface area contributed by atoms with Crippen molar-refractivity contribution in [2.24, 2.45) is 0 Å². The average molecular weight is 1170 g/mol. The van der Waals surface area contributed by atoms with E-state index in [1.165, 1.54) is 0 Å². The quantitative estimate of drug-likeness (QED) is 0.118. The van der Waals surface area contributed by atoms with E-state index < -0.39 is 60.4 Å². The van der Waals surface area contributed by atoms with Crippen molar-refractivity contribution in [3.8, 4) is 95.5 Å². The normalized spacial score (nSPS) is 13.6. The summed E-state index contributed by atoms with van der Waals surface area (Å²) in [5.41, 5.74) is 11.9. The second kappa shape index (κ2) is 18.8. The van der Waals surface area contributed by atoms with Gasteiger partial charge in [-0.3, -0.25) is 4.57 Å². The summed E-state index contributed by atoms with van der Waals surface area (Å²) in [6, 6.07) is 57.1. The molecule has 76 heavy (non-hydrogen) atoms. The summed E-state index contributed by atoms with van der Waals surface area (Å²) in [4.78, 5) is 4.87. The Kier molecular flexibility index (Phi) is 9.13. The molecule has 10 aromatic carbocycles. The molecule has 0 N–H and O–H groups in total. The molecule has 1 aliphatic carbocycles. The van der Waals surface area contributed by atoms with Gasteiger partial charge in [0.05, 0.1) is 30.4 Å². The van der Waals surface area contributed by atoms with E-state index in [1.54, 1.807) is 22.8 Å². The molecule has 0 amide bonds. The van der Waals surface area contributed by atoms with Gasteiger partial charge in [0, 0.05) is 44.3 Å². The zero-order chi connectivity index (χ0) is 58.9. The SMILES string of the molecule is [2H]c1c([2H])c([2H])c(-c2cccc(-c3c([2H])c([2H])c([2H])c([2H])c3[2H])c2-[n+]2[c-]n(-c3[c-]c(Oc4[c-]c5c(cc4)c4ccccc4n5-c4cc(C(C)(C)C)ccn4)ccc3)c3c4c(ccc32)-c2ccccc2-c2ccccc2-c2ccccc2-4)c([2H])c1[2H].[Pt]. The van der Waals surface area contributed by atoms with Gasteiger partial charge in [0.15, 0.2) is 0 Å². The van der Waals surface area contributed by atoms with Crippen LogP contribution in [0.25, 0.3) is 117 Å². The number of para-hydroxylation sites is 2. The van der Waals surface area contributed by atoms with Crippen molar-refractivity contribution >= 4 is 32.8 Å². The maximum absolute atomic E-state index is 9.36. The van der Waals surface area contributed by atoms with Crippen LogP contribution >= 0.6 is 0 Å². The minimum Gasteiger partial charge on any atom is -0.510 e. The summed E-state index contributed by atoms with van der Waals surface area (Å²) in [7, 11) is 0. The van der Waals surface area contributed by atoms with Crippen molar-refractivity contribution in [1.82, 2.24) is 14.1 Å². The third-order valence-corrected chi connectivity index (χ3v) is 14.2. The second-order valence-corrected chi connectivity index (χ2v) is 19.6. The number of rotatable bonds is 7. The minimum absolute atomic E-state index is 0. The molecule has 0 aliphatic heterocycles. The van der Waals surface area contributed by atoms with Crippen LogP contribution in [0.1, 0.15) is 40.0 Å². The molecule has 0 saturated heterocycles. The van der Waals surface area contributed by atoms with E-state index in [2.05, 4.69) is 98.4 Å². The molecular weight excluding hydrogens is 1110 g/mol. The number of pyridine rings is 1. The van der Waals surface area contributed by atoms with Crippen molar-refractivity contribution in [3.63, 3.8) is 0 Å². The zero-order valence-electron chi connectivity index (χ0n) is 51.3. The van der Waals surface area contributed by atoms with Crippen LogP contribution in [0.4, 0.5) is 0 Å². The van der Waals surface area contributed by atoms with Gasteiger partial charge >= 0.3 is 0 Å². The van der Waals surface area contributed by atoms with E-state index >= 15 is 0 Å².